The van der Waals surface area contributed by atoms with E-state index >= 15 is 0 Å². The van der Waals surface area contributed by atoms with E-state index in [4.69, 9.17) is 33.9 Å². The van der Waals surface area contributed by atoms with Crippen LogP contribution in [0.25, 0.3) is 21.8 Å². The second kappa shape index (κ2) is 24.9. The van der Waals surface area contributed by atoms with E-state index in [1.807, 2.05) is 80.0 Å². The van der Waals surface area contributed by atoms with Gasteiger partial charge in [-0.2, -0.15) is 9.97 Å². The van der Waals surface area contributed by atoms with E-state index in [-0.39, 0.29) is 32.0 Å². The van der Waals surface area contributed by atoms with Crippen LogP contribution in [0.5, 0.6) is 0 Å². The van der Waals surface area contributed by atoms with E-state index in [0.717, 1.165) is 54.0 Å². The van der Waals surface area contributed by atoms with Gasteiger partial charge in [-0.3, -0.25) is 9.59 Å². The van der Waals surface area contributed by atoms with Crippen LogP contribution in [0, 0.1) is 6.92 Å². The smallest absolute Gasteiger partial charge is 0.328 e. The van der Waals surface area contributed by atoms with Gasteiger partial charge in [0.25, 0.3) is 11.9 Å². The van der Waals surface area contributed by atoms with Gasteiger partial charge < -0.3 is 19.7 Å². The quantitative estimate of drug-likeness (QED) is 0.0617. The average Bonchev–Trinajstić information content (AvgIpc) is 3.59. The number of esters is 2. The molecule has 0 unspecified atom stereocenters. The van der Waals surface area contributed by atoms with Crippen molar-refractivity contribution in [2.45, 2.75) is 46.2 Å². The molecule has 0 aliphatic rings. The maximum Gasteiger partial charge on any atom is 0.328 e. The van der Waals surface area contributed by atoms with Gasteiger partial charge >= 0.3 is 11.9 Å². The van der Waals surface area contributed by atoms with Crippen LogP contribution in [0.4, 0.5) is 17.5 Å². The van der Waals surface area contributed by atoms with E-state index in [1.165, 1.54) is 0 Å². The lowest BCUT2D eigenvalue weighted by Crippen LogP contribution is -2.42. The second-order valence-electron chi connectivity index (χ2n) is 19.1. The van der Waals surface area contributed by atoms with Crippen molar-refractivity contribution in [2.24, 2.45) is 9.49 Å². The molecule has 8 aromatic carbocycles. The standard InChI is InChI=1S/C66H61N7O5P2/c1-5-77-60(74)44-42-58(65(76)78-6-2)68-64(75)57-41-43-59(56-40-26-25-39-55(56)57)73(4)46-48-45-67-62-61(47(48)3)63(71-79(49-27-13-7-14-28-49,50-29-15-8-16-30-50)51-31-17-9-18-32-51)70-66(69-62)72-80(52-33-19-10-20-34-52,53-35-21-11-22-36-53)54-37-23-12-24-38-54/h7-41,43,45,58H,5-6,42,44,46H2,1-4H3,(H,68,75)/t58-/m0/s1. The Balaban J connectivity index is 1.16. The van der Waals surface area contributed by atoms with Crippen LogP contribution in [0.15, 0.2) is 234 Å². The zero-order chi connectivity index (χ0) is 55.5. The normalized spacial score (nSPS) is 11.8. The molecule has 10 aromatic rings. The van der Waals surface area contributed by atoms with Crippen LogP contribution in [0.3, 0.4) is 0 Å². The van der Waals surface area contributed by atoms with Crippen LogP contribution >= 0.6 is 14.1 Å². The van der Waals surface area contributed by atoms with Crippen LogP contribution in [0.2, 0.25) is 0 Å². The average molecular weight is 1090 g/mol. The fourth-order valence-corrected chi connectivity index (χ4v) is 17.2. The van der Waals surface area contributed by atoms with Crippen LogP contribution in [0.1, 0.15) is 48.2 Å². The Morgan fingerprint density at radius 1 is 0.562 bits per heavy atom. The van der Waals surface area contributed by atoms with Gasteiger partial charge in [-0.05, 0) is 55.8 Å². The number of carbonyl (C=O) groups is 3. The summed E-state index contributed by atoms with van der Waals surface area (Å²) in [7, 11) is -3.76. The molecular formula is C66H61N7O5P2. The van der Waals surface area contributed by atoms with Crippen molar-refractivity contribution in [2.75, 3.05) is 25.2 Å². The molecule has 14 heteroatoms. The molecule has 0 spiro atoms. The van der Waals surface area contributed by atoms with E-state index in [9.17, 15) is 14.4 Å². The maximum atomic E-state index is 14.1. The summed E-state index contributed by atoms with van der Waals surface area (Å²) in [6.45, 7) is 6.25. The lowest BCUT2D eigenvalue weighted by molar-refractivity contribution is -0.146. The number of nitrogens with one attached hydrogen (secondary N) is 1. The summed E-state index contributed by atoms with van der Waals surface area (Å²) in [4.78, 5) is 57.7. The molecule has 1 atom stereocenters. The summed E-state index contributed by atoms with van der Waals surface area (Å²) in [6, 6.07) is 73.2. The fraction of sp³-hybridized carbons (Fsp3) is 0.152. The first kappa shape index (κ1) is 54.5. The van der Waals surface area contributed by atoms with Crippen molar-refractivity contribution in [3.63, 3.8) is 0 Å². The van der Waals surface area contributed by atoms with Crippen LogP contribution < -0.4 is 42.0 Å². The Bertz CT molecular complexity index is 3720. The number of nitrogens with zero attached hydrogens (tertiary/aromatic N) is 6. The Morgan fingerprint density at radius 2 is 1.01 bits per heavy atom. The van der Waals surface area contributed by atoms with Gasteiger partial charge in [-0.1, -0.05) is 206 Å². The van der Waals surface area contributed by atoms with Crippen molar-refractivity contribution in [3.05, 3.63) is 241 Å². The predicted molar refractivity (Wildman–Crippen MR) is 326 cm³/mol. The van der Waals surface area contributed by atoms with Crippen LogP contribution in [-0.4, -0.2) is 59.1 Å². The number of ether oxygens (including phenoxy) is 2. The zero-order valence-electron chi connectivity index (χ0n) is 45.1. The molecule has 0 fully saturated rings. The number of anilines is 1. The van der Waals surface area contributed by atoms with E-state index in [1.54, 1.807) is 19.9 Å². The molecular weight excluding hydrogens is 1030 g/mol. The summed E-state index contributed by atoms with van der Waals surface area (Å²) < 4.78 is 22.3. The number of pyridine rings is 1. The molecule has 0 saturated heterocycles. The number of aromatic nitrogens is 3. The molecule has 2 heterocycles. The van der Waals surface area contributed by atoms with Gasteiger partial charge in [-0.15, -0.1) is 0 Å². The molecule has 0 aliphatic heterocycles. The lowest BCUT2D eigenvalue weighted by Gasteiger charge is -2.28. The molecule has 0 aliphatic carbocycles. The highest BCUT2D eigenvalue weighted by atomic mass is 31.2. The number of carbonyl (C=O) groups excluding carboxylic acids is 3. The molecule has 1 N–H and O–H groups in total. The third-order valence-electron chi connectivity index (χ3n) is 14.1. The monoisotopic (exact) mass is 1090 g/mol. The first-order chi connectivity index (χ1) is 39.1. The third-order valence-corrected chi connectivity index (χ3v) is 21.3. The summed E-state index contributed by atoms with van der Waals surface area (Å²) in [5.74, 6) is -0.798. The number of hydrogen-bond acceptors (Lipinski definition) is 11. The van der Waals surface area contributed by atoms with E-state index in [0.29, 0.717) is 34.3 Å². The molecule has 0 radical (unpaired) electrons. The number of aryl methyl sites for hydroxylation is 1. The Labute approximate surface area is 467 Å². The van der Waals surface area contributed by atoms with E-state index in [2.05, 4.69) is 163 Å². The largest absolute Gasteiger partial charge is 0.466 e. The van der Waals surface area contributed by atoms with Gasteiger partial charge in [0, 0.05) is 74.7 Å². The molecule has 0 saturated carbocycles. The SMILES string of the molecule is CCOC(=O)CC[C@H](NC(=O)c1ccc(N(C)Cc2cnc3nc(N=P(c4ccccc4)(c4ccccc4)c4ccccc4)nc(N=P(c4ccccc4)(c4ccccc4)c4ccccc4)c3c2C)c2ccccc12)C(=O)OCC. The minimum Gasteiger partial charge on any atom is -0.466 e. The number of rotatable bonds is 19. The Hall–Kier alpha value is -8.82. The Kier molecular flexibility index (Phi) is 17.0. The van der Waals surface area contributed by atoms with Gasteiger partial charge in [0.2, 0.25) is 0 Å². The molecule has 400 valence electrons. The molecule has 0 bridgehead atoms. The molecule has 2 aromatic heterocycles. The number of hydrogen-bond donors (Lipinski definition) is 1. The first-order valence-electron chi connectivity index (χ1n) is 26.7. The van der Waals surface area contributed by atoms with Gasteiger partial charge in [0.1, 0.15) is 6.04 Å². The number of amides is 1. The Morgan fingerprint density at radius 3 is 1.49 bits per heavy atom. The van der Waals surface area contributed by atoms with Gasteiger partial charge in [-0.25, -0.2) is 19.3 Å². The lowest BCUT2D eigenvalue weighted by atomic mass is 10.0. The van der Waals surface area contributed by atoms with Gasteiger partial charge in [0.05, 0.1) is 32.7 Å². The van der Waals surface area contributed by atoms with Crippen molar-refractivity contribution in [1.29, 1.82) is 0 Å². The minimum absolute atomic E-state index is 0.0299. The highest BCUT2D eigenvalue weighted by molar-refractivity contribution is 7.88. The summed E-state index contributed by atoms with van der Waals surface area (Å²) >= 11 is 0. The summed E-state index contributed by atoms with van der Waals surface area (Å²) in [5, 5.41) is 11.4. The zero-order valence-corrected chi connectivity index (χ0v) is 46.9. The van der Waals surface area contributed by atoms with Crippen molar-refractivity contribution >= 4 is 103 Å². The molecule has 12 nitrogen and oxygen atoms in total. The second-order valence-corrected chi connectivity index (χ2v) is 25.1. The summed E-state index contributed by atoms with van der Waals surface area (Å²) in [6.07, 6.45) is 1.85. The minimum atomic E-state index is -2.92. The van der Waals surface area contributed by atoms with Crippen molar-refractivity contribution < 1.29 is 23.9 Å². The fourth-order valence-electron chi connectivity index (χ4n) is 10.3. The topological polar surface area (TPSA) is 148 Å². The van der Waals surface area contributed by atoms with Gasteiger partial charge in [0.15, 0.2) is 11.5 Å². The van der Waals surface area contributed by atoms with Crippen molar-refractivity contribution in [1.82, 2.24) is 20.3 Å². The molecule has 80 heavy (non-hydrogen) atoms. The molecule has 10 rings (SSSR count). The maximum absolute atomic E-state index is 14.1. The van der Waals surface area contributed by atoms with Crippen molar-refractivity contribution in [3.8, 4) is 0 Å². The highest BCUT2D eigenvalue weighted by Gasteiger charge is 2.32. The number of fused-ring (bicyclic) bond motifs is 2. The third kappa shape index (κ3) is 11.2. The summed E-state index contributed by atoms with van der Waals surface area (Å²) in [5.41, 5.74) is 3.52. The predicted octanol–water partition coefficient (Wildman–Crippen LogP) is 11.7. The number of benzene rings is 8. The highest BCUT2D eigenvalue weighted by Crippen LogP contribution is 2.52. The first-order valence-corrected chi connectivity index (χ1v) is 30.2. The van der Waals surface area contributed by atoms with Crippen LogP contribution in [-0.2, 0) is 25.6 Å². The molecule has 1 amide bonds. The van der Waals surface area contributed by atoms with E-state index < -0.39 is 38.0 Å².